The van der Waals surface area contributed by atoms with Crippen molar-refractivity contribution in [3.8, 4) is 0 Å². The fourth-order valence-electron chi connectivity index (χ4n) is 4.43. The minimum atomic E-state index is -1.10. The highest BCUT2D eigenvalue weighted by Gasteiger charge is 2.51. The average Bonchev–Trinajstić information content (AvgIpc) is 3.34. The molecule has 6 heteroatoms. The van der Waals surface area contributed by atoms with E-state index in [1.54, 1.807) is 12.1 Å². The van der Waals surface area contributed by atoms with E-state index in [1.807, 2.05) is 61.7 Å². The number of aryl methyl sites for hydroxylation is 1. The third-order valence-corrected chi connectivity index (χ3v) is 6.09. The number of amides is 1. The number of aromatic nitrogens is 2. The molecule has 1 amide bonds. The Hall–Kier alpha value is -4.06. The number of hydrogen-bond acceptors (Lipinski definition) is 4. The molecule has 1 N–H and O–H groups in total. The summed E-state index contributed by atoms with van der Waals surface area (Å²) in [6, 6.07) is 17.9. The molecule has 1 saturated heterocycles. The Morgan fingerprint density at radius 1 is 1.00 bits per heavy atom. The minimum Gasteiger partial charge on any atom is -0.361 e. The van der Waals surface area contributed by atoms with Crippen LogP contribution in [0.1, 0.15) is 33.1 Å². The molecule has 1 aliphatic rings. The van der Waals surface area contributed by atoms with Crippen LogP contribution in [0.3, 0.4) is 0 Å². The number of benzene rings is 2. The number of hydrogen-bond donors (Lipinski definition) is 1. The van der Waals surface area contributed by atoms with Gasteiger partial charge in [-0.15, -0.1) is 0 Å². The number of likely N-dealkylation sites (tertiary alicyclic amines) is 1. The highest BCUT2D eigenvalue weighted by atomic mass is 16.2. The van der Waals surface area contributed by atoms with Crippen molar-refractivity contribution < 1.29 is 14.4 Å². The summed E-state index contributed by atoms with van der Waals surface area (Å²) in [4.78, 5) is 48.4. The Bertz CT molecular complexity index is 1330. The van der Waals surface area contributed by atoms with Crippen LogP contribution in [-0.4, -0.2) is 32.3 Å². The Labute approximate surface area is 184 Å². The van der Waals surface area contributed by atoms with E-state index in [1.165, 1.54) is 17.3 Å². The lowest BCUT2D eigenvalue weighted by Crippen LogP contribution is -2.30. The predicted octanol–water partition coefficient (Wildman–Crippen LogP) is 4.02. The van der Waals surface area contributed by atoms with Gasteiger partial charge in [0.25, 0.3) is 5.91 Å². The van der Waals surface area contributed by atoms with E-state index >= 15 is 0 Å². The van der Waals surface area contributed by atoms with Crippen molar-refractivity contribution in [2.75, 3.05) is 0 Å². The zero-order valence-corrected chi connectivity index (χ0v) is 17.5. The normalized spacial score (nSPS) is 18.5. The molecule has 4 aromatic rings. The second kappa shape index (κ2) is 7.89. The van der Waals surface area contributed by atoms with Crippen LogP contribution < -0.4 is 0 Å². The van der Waals surface area contributed by atoms with Gasteiger partial charge in [0.2, 0.25) is 5.78 Å². The first kappa shape index (κ1) is 19.9. The van der Waals surface area contributed by atoms with Gasteiger partial charge in [0.1, 0.15) is 5.92 Å². The topological polar surface area (TPSA) is 83.1 Å². The first-order chi connectivity index (χ1) is 15.5. The summed E-state index contributed by atoms with van der Waals surface area (Å²) in [6.45, 7) is 2.20. The first-order valence-corrected chi connectivity index (χ1v) is 10.4. The number of carbonyl (C=O) groups is 3. The molecule has 0 saturated carbocycles. The zero-order chi connectivity index (χ0) is 22.2. The molecule has 5 rings (SSSR count). The van der Waals surface area contributed by atoms with Crippen LogP contribution in [0.5, 0.6) is 0 Å². The number of pyridine rings is 1. The summed E-state index contributed by atoms with van der Waals surface area (Å²) in [6.07, 6.45) is 4.88. The van der Waals surface area contributed by atoms with Crippen molar-refractivity contribution in [1.29, 1.82) is 0 Å². The quantitative estimate of drug-likeness (QED) is 0.299. The standard InChI is InChI=1S/C26H21N3O3/c1-16-6-8-17(9-7-16)23-22(24(30)18-10-12-27-13-11-18)25(31)26(32)29(23)15-19-14-28-21-5-3-2-4-20(19)21/h2-14,22-23,28H,15H2,1H3. The number of H-pyrrole nitrogens is 1. The number of carbonyl (C=O) groups excluding carboxylic acids is 3. The first-order valence-electron chi connectivity index (χ1n) is 10.4. The summed E-state index contributed by atoms with van der Waals surface area (Å²) < 4.78 is 0. The van der Waals surface area contributed by atoms with E-state index in [0.717, 1.165) is 27.6 Å². The number of para-hydroxylation sites is 1. The zero-order valence-electron chi connectivity index (χ0n) is 17.5. The van der Waals surface area contributed by atoms with Gasteiger partial charge in [0.05, 0.1) is 6.04 Å². The van der Waals surface area contributed by atoms with E-state index in [4.69, 9.17) is 0 Å². The Kier molecular flexibility index (Phi) is 4.90. The molecule has 0 spiro atoms. The maximum absolute atomic E-state index is 13.4. The molecule has 1 aliphatic heterocycles. The minimum absolute atomic E-state index is 0.229. The maximum atomic E-state index is 13.4. The van der Waals surface area contributed by atoms with Gasteiger partial charge >= 0.3 is 0 Å². The highest BCUT2D eigenvalue weighted by Crippen LogP contribution is 2.39. The molecule has 2 unspecified atom stereocenters. The van der Waals surface area contributed by atoms with E-state index in [9.17, 15) is 14.4 Å². The van der Waals surface area contributed by atoms with E-state index in [-0.39, 0.29) is 12.3 Å². The van der Waals surface area contributed by atoms with Gasteiger partial charge in [-0.2, -0.15) is 0 Å². The molecule has 0 bridgehead atoms. The van der Waals surface area contributed by atoms with Gasteiger partial charge in [-0.05, 0) is 36.2 Å². The Balaban J connectivity index is 1.59. The summed E-state index contributed by atoms with van der Waals surface area (Å²) in [7, 11) is 0. The number of Topliss-reactive ketones (excluding diaryl/α,β-unsaturated/α-hetero) is 2. The lowest BCUT2D eigenvalue weighted by molar-refractivity contribution is -0.141. The molecule has 2 aromatic carbocycles. The summed E-state index contributed by atoms with van der Waals surface area (Å²) in [5.74, 6) is -2.76. The number of aromatic amines is 1. The lowest BCUT2D eigenvalue weighted by atomic mass is 9.86. The van der Waals surface area contributed by atoms with Crippen LogP contribution in [0.2, 0.25) is 0 Å². The van der Waals surface area contributed by atoms with E-state index < -0.39 is 23.7 Å². The SMILES string of the molecule is Cc1ccc(C2C(C(=O)c3ccncc3)C(=O)C(=O)N2Cc2c[nH]c3ccccc23)cc1. The van der Waals surface area contributed by atoms with Crippen molar-refractivity contribution in [1.82, 2.24) is 14.9 Å². The monoisotopic (exact) mass is 423 g/mol. The fraction of sp³-hybridized carbons (Fsp3) is 0.154. The van der Waals surface area contributed by atoms with Crippen molar-refractivity contribution in [3.63, 3.8) is 0 Å². The van der Waals surface area contributed by atoms with Gasteiger partial charge in [-0.3, -0.25) is 19.4 Å². The van der Waals surface area contributed by atoms with Crippen LogP contribution in [0.15, 0.2) is 79.3 Å². The van der Waals surface area contributed by atoms with Crippen LogP contribution >= 0.6 is 0 Å². The van der Waals surface area contributed by atoms with Gasteiger partial charge < -0.3 is 9.88 Å². The van der Waals surface area contributed by atoms with Gasteiger partial charge in [0.15, 0.2) is 5.78 Å². The van der Waals surface area contributed by atoms with Crippen LogP contribution in [0.4, 0.5) is 0 Å². The molecule has 1 fully saturated rings. The van der Waals surface area contributed by atoms with E-state index in [0.29, 0.717) is 5.56 Å². The largest absolute Gasteiger partial charge is 0.361 e. The van der Waals surface area contributed by atoms with Gasteiger partial charge in [0, 0.05) is 41.6 Å². The molecule has 2 atom stereocenters. The molecular formula is C26H21N3O3. The fourth-order valence-corrected chi connectivity index (χ4v) is 4.43. The van der Waals surface area contributed by atoms with Gasteiger partial charge in [-0.25, -0.2) is 0 Å². The van der Waals surface area contributed by atoms with E-state index in [2.05, 4.69) is 9.97 Å². The molecule has 6 nitrogen and oxygen atoms in total. The average molecular weight is 423 g/mol. The molecule has 0 aliphatic carbocycles. The Morgan fingerprint density at radius 2 is 1.72 bits per heavy atom. The number of ketones is 2. The number of nitrogens with one attached hydrogen (secondary N) is 1. The molecule has 0 radical (unpaired) electrons. The van der Waals surface area contributed by atoms with Crippen LogP contribution in [0, 0.1) is 12.8 Å². The maximum Gasteiger partial charge on any atom is 0.291 e. The summed E-state index contributed by atoms with van der Waals surface area (Å²) in [5, 5.41) is 0.985. The van der Waals surface area contributed by atoms with Crippen molar-refractivity contribution in [2.24, 2.45) is 5.92 Å². The Morgan fingerprint density at radius 3 is 2.47 bits per heavy atom. The third-order valence-electron chi connectivity index (χ3n) is 6.09. The smallest absolute Gasteiger partial charge is 0.291 e. The van der Waals surface area contributed by atoms with Crippen molar-refractivity contribution in [3.05, 3.63) is 102 Å². The highest BCUT2D eigenvalue weighted by molar-refractivity contribution is 6.44. The van der Waals surface area contributed by atoms with Gasteiger partial charge in [-0.1, -0.05) is 48.0 Å². The number of rotatable bonds is 5. The van der Waals surface area contributed by atoms with Crippen LogP contribution in [-0.2, 0) is 16.1 Å². The third kappa shape index (κ3) is 3.30. The number of nitrogens with zero attached hydrogens (tertiary/aromatic N) is 2. The summed E-state index contributed by atoms with van der Waals surface area (Å²) in [5.41, 5.74) is 4.05. The van der Waals surface area contributed by atoms with Crippen molar-refractivity contribution >= 4 is 28.4 Å². The summed E-state index contributed by atoms with van der Waals surface area (Å²) >= 11 is 0. The molecule has 32 heavy (non-hydrogen) atoms. The predicted molar refractivity (Wildman–Crippen MR) is 120 cm³/mol. The number of fused-ring (bicyclic) bond motifs is 1. The van der Waals surface area contributed by atoms with Crippen molar-refractivity contribution in [2.45, 2.75) is 19.5 Å². The molecule has 2 aromatic heterocycles. The van der Waals surface area contributed by atoms with Crippen LogP contribution in [0.25, 0.3) is 10.9 Å². The second-order valence-electron chi connectivity index (χ2n) is 8.09. The molecule has 158 valence electrons. The molecular weight excluding hydrogens is 402 g/mol. The second-order valence-corrected chi connectivity index (χ2v) is 8.09. The molecule has 3 heterocycles. The lowest BCUT2D eigenvalue weighted by Gasteiger charge is -2.27.